The van der Waals surface area contributed by atoms with E-state index in [1.807, 2.05) is 12.4 Å². The number of furan rings is 1. The Labute approximate surface area is 169 Å². The molecule has 1 aromatic carbocycles. The molecule has 0 saturated heterocycles. The van der Waals surface area contributed by atoms with Crippen molar-refractivity contribution in [2.45, 2.75) is 51.5 Å². The fourth-order valence-electron chi connectivity index (χ4n) is 3.94. The highest BCUT2D eigenvalue weighted by molar-refractivity contribution is 5.92. The summed E-state index contributed by atoms with van der Waals surface area (Å²) in [5.41, 5.74) is 2.41. The third-order valence-electron chi connectivity index (χ3n) is 5.51. The van der Waals surface area contributed by atoms with E-state index < -0.39 is 0 Å². The molecule has 0 atom stereocenters. The van der Waals surface area contributed by atoms with Crippen LogP contribution in [0.5, 0.6) is 0 Å². The normalized spacial score (nSPS) is 14.4. The van der Waals surface area contributed by atoms with Gasteiger partial charge < -0.3 is 14.3 Å². The molecule has 0 bridgehead atoms. The number of carbonyl (C=O) groups is 1. The van der Waals surface area contributed by atoms with Crippen LogP contribution in [0.25, 0.3) is 22.7 Å². The first kappa shape index (κ1) is 19.4. The minimum Gasteiger partial charge on any atom is -0.449 e. The van der Waals surface area contributed by atoms with Crippen molar-refractivity contribution >= 4 is 5.91 Å². The Morgan fingerprint density at radius 3 is 2.69 bits per heavy atom. The first-order valence-corrected chi connectivity index (χ1v) is 10.4. The summed E-state index contributed by atoms with van der Waals surface area (Å²) in [6, 6.07) is 10.2. The van der Waals surface area contributed by atoms with Crippen LogP contribution in [-0.4, -0.2) is 22.0 Å². The smallest absolute Gasteiger partial charge is 0.287 e. The summed E-state index contributed by atoms with van der Waals surface area (Å²) < 4.78 is 21.5. The van der Waals surface area contributed by atoms with E-state index in [0.29, 0.717) is 24.1 Å². The van der Waals surface area contributed by atoms with E-state index in [0.717, 1.165) is 42.6 Å². The molecule has 1 aliphatic rings. The molecule has 1 fully saturated rings. The van der Waals surface area contributed by atoms with Crippen LogP contribution >= 0.6 is 0 Å². The predicted octanol–water partition coefficient (Wildman–Crippen LogP) is 5.59. The van der Waals surface area contributed by atoms with Crippen LogP contribution in [0.2, 0.25) is 0 Å². The molecule has 4 rings (SSSR count). The van der Waals surface area contributed by atoms with E-state index in [-0.39, 0.29) is 11.7 Å². The quantitative estimate of drug-likeness (QED) is 0.530. The molecule has 29 heavy (non-hydrogen) atoms. The maximum atomic E-state index is 13.4. The van der Waals surface area contributed by atoms with Gasteiger partial charge in [0.25, 0.3) is 5.91 Å². The summed E-state index contributed by atoms with van der Waals surface area (Å²) in [4.78, 5) is 17.0. The standard InChI is InChI=1S/C23H26FN3O2/c1-2-3-14-25-23(28)20-13-12-19(29-20)22-21(16-8-10-17(24)11-9-16)26-15-27(22)18-6-4-5-7-18/h8-13,15,18H,2-7,14H2,1H3,(H,25,28). The highest BCUT2D eigenvalue weighted by Crippen LogP contribution is 2.39. The van der Waals surface area contributed by atoms with Crippen LogP contribution in [0.4, 0.5) is 4.39 Å². The van der Waals surface area contributed by atoms with E-state index in [1.165, 1.54) is 25.0 Å². The average Bonchev–Trinajstić information content (AvgIpc) is 3.47. The van der Waals surface area contributed by atoms with E-state index in [2.05, 4.69) is 21.8 Å². The monoisotopic (exact) mass is 395 g/mol. The second-order valence-corrected chi connectivity index (χ2v) is 7.57. The second-order valence-electron chi connectivity index (χ2n) is 7.57. The van der Waals surface area contributed by atoms with Gasteiger partial charge in [0.2, 0.25) is 0 Å². The van der Waals surface area contributed by atoms with Crippen LogP contribution in [0.15, 0.2) is 47.1 Å². The number of amides is 1. The number of halogens is 1. The van der Waals surface area contributed by atoms with Crippen LogP contribution < -0.4 is 5.32 Å². The van der Waals surface area contributed by atoms with Crippen molar-refractivity contribution in [3.05, 3.63) is 54.3 Å². The average molecular weight is 395 g/mol. The number of hydrogen-bond donors (Lipinski definition) is 1. The van der Waals surface area contributed by atoms with Crippen molar-refractivity contribution in [1.82, 2.24) is 14.9 Å². The molecule has 3 aromatic rings. The van der Waals surface area contributed by atoms with Crippen LogP contribution in [0.1, 0.15) is 62.0 Å². The van der Waals surface area contributed by atoms with Gasteiger partial charge in [-0.3, -0.25) is 4.79 Å². The van der Waals surface area contributed by atoms with Gasteiger partial charge in [-0.15, -0.1) is 0 Å². The summed E-state index contributed by atoms with van der Waals surface area (Å²) in [5.74, 6) is 0.407. The van der Waals surface area contributed by atoms with E-state index >= 15 is 0 Å². The minimum atomic E-state index is -0.283. The third kappa shape index (κ3) is 4.11. The summed E-state index contributed by atoms with van der Waals surface area (Å²) >= 11 is 0. The number of unbranched alkanes of at least 4 members (excludes halogenated alkanes) is 1. The Hall–Kier alpha value is -2.89. The Bertz CT molecular complexity index is 968. The van der Waals surface area contributed by atoms with Gasteiger partial charge in [0.05, 0.1) is 12.0 Å². The van der Waals surface area contributed by atoms with Gasteiger partial charge in [-0.2, -0.15) is 0 Å². The first-order valence-electron chi connectivity index (χ1n) is 10.4. The molecule has 0 aliphatic heterocycles. The number of imidazole rings is 1. The minimum absolute atomic E-state index is 0.208. The van der Waals surface area contributed by atoms with Crippen molar-refractivity contribution in [2.24, 2.45) is 0 Å². The van der Waals surface area contributed by atoms with Crippen LogP contribution in [0.3, 0.4) is 0 Å². The topological polar surface area (TPSA) is 60.1 Å². The van der Waals surface area contributed by atoms with E-state index in [4.69, 9.17) is 4.42 Å². The number of aromatic nitrogens is 2. The lowest BCUT2D eigenvalue weighted by molar-refractivity contribution is 0.0926. The Balaban J connectivity index is 1.70. The van der Waals surface area contributed by atoms with Gasteiger partial charge in [0, 0.05) is 18.2 Å². The molecule has 6 heteroatoms. The highest BCUT2D eigenvalue weighted by Gasteiger charge is 2.25. The maximum Gasteiger partial charge on any atom is 0.287 e. The lowest BCUT2D eigenvalue weighted by Crippen LogP contribution is -2.23. The molecule has 0 radical (unpaired) electrons. The molecule has 0 spiro atoms. The zero-order valence-corrected chi connectivity index (χ0v) is 16.7. The predicted molar refractivity (Wildman–Crippen MR) is 110 cm³/mol. The number of rotatable bonds is 7. The molecule has 0 unspecified atom stereocenters. The molecule has 5 nitrogen and oxygen atoms in total. The zero-order chi connectivity index (χ0) is 20.2. The summed E-state index contributed by atoms with van der Waals surface area (Å²) in [7, 11) is 0. The number of nitrogens with one attached hydrogen (secondary N) is 1. The lowest BCUT2D eigenvalue weighted by Gasteiger charge is -2.15. The highest BCUT2D eigenvalue weighted by atomic mass is 19.1. The van der Waals surface area contributed by atoms with Crippen LogP contribution in [0, 0.1) is 5.82 Å². The molecular formula is C23H26FN3O2. The molecular weight excluding hydrogens is 369 g/mol. The lowest BCUT2D eigenvalue weighted by atomic mass is 10.1. The zero-order valence-electron chi connectivity index (χ0n) is 16.7. The van der Waals surface area contributed by atoms with Gasteiger partial charge in [0.1, 0.15) is 11.5 Å². The van der Waals surface area contributed by atoms with Crippen molar-refractivity contribution in [3.8, 4) is 22.7 Å². The van der Waals surface area contributed by atoms with Crippen LogP contribution in [-0.2, 0) is 0 Å². The van der Waals surface area contributed by atoms with E-state index in [9.17, 15) is 9.18 Å². The fraction of sp³-hybridized carbons (Fsp3) is 0.391. The number of hydrogen-bond acceptors (Lipinski definition) is 3. The molecule has 1 saturated carbocycles. The summed E-state index contributed by atoms with van der Waals surface area (Å²) in [6.45, 7) is 2.71. The summed E-state index contributed by atoms with van der Waals surface area (Å²) in [6.07, 6.45) is 8.37. The maximum absolute atomic E-state index is 13.4. The Morgan fingerprint density at radius 1 is 1.21 bits per heavy atom. The van der Waals surface area contributed by atoms with Gasteiger partial charge in [-0.05, 0) is 55.7 Å². The molecule has 1 aliphatic carbocycles. The fourth-order valence-corrected chi connectivity index (χ4v) is 3.94. The number of benzene rings is 1. The molecule has 1 amide bonds. The molecule has 152 valence electrons. The van der Waals surface area contributed by atoms with E-state index in [1.54, 1.807) is 18.2 Å². The van der Waals surface area contributed by atoms with Gasteiger partial charge >= 0.3 is 0 Å². The van der Waals surface area contributed by atoms with Crippen molar-refractivity contribution < 1.29 is 13.6 Å². The third-order valence-corrected chi connectivity index (χ3v) is 5.51. The SMILES string of the molecule is CCCCNC(=O)c1ccc(-c2c(-c3ccc(F)cc3)ncn2C2CCCC2)o1. The molecule has 2 heterocycles. The number of carbonyl (C=O) groups excluding carboxylic acids is 1. The Morgan fingerprint density at radius 2 is 1.97 bits per heavy atom. The first-order chi connectivity index (χ1) is 14.2. The summed E-state index contributed by atoms with van der Waals surface area (Å²) in [5, 5.41) is 2.88. The molecule has 1 N–H and O–H groups in total. The van der Waals surface area contributed by atoms with Crippen molar-refractivity contribution in [2.75, 3.05) is 6.54 Å². The van der Waals surface area contributed by atoms with Gasteiger partial charge in [-0.1, -0.05) is 26.2 Å². The van der Waals surface area contributed by atoms with Gasteiger partial charge in [-0.25, -0.2) is 9.37 Å². The number of nitrogens with zero attached hydrogens (tertiary/aromatic N) is 2. The largest absolute Gasteiger partial charge is 0.449 e. The Kier molecular flexibility index (Phi) is 5.79. The van der Waals surface area contributed by atoms with Crippen molar-refractivity contribution in [1.29, 1.82) is 0 Å². The second kappa shape index (κ2) is 8.64. The van der Waals surface area contributed by atoms with Crippen molar-refractivity contribution in [3.63, 3.8) is 0 Å². The molecule has 2 aromatic heterocycles. The van der Waals surface area contributed by atoms with Gasteiger partial charge in [0.15, 0.2) is 11.5 Å².